The van der Waals surface area contributed by atoms with E-state index in [9.17, 15) is 9.59 Å². The van der Waals surface area contributed by atoms with E-state index >= 15 is 0 Å². The molecule has 0 aliphatic carbocycles. The van der Waals surface area contributed by atoms with Gasteiger partial charge in [-0.3, -0.25) is 14.5 Å². The lowest BCUT2D eigenvalue weighted by Crippen LogP contribution is -2.51. The number of likely N-dealkylation sites (tertiary alicyclic amines) is 1. The summed E-state index contributed by atoms with van der Waals surface area (Å²) in [5.74, 6) is 0.369. The molecule has 108 valence electrons. The molecule has 1 fully saturated rings. The molecule has 1 saturated heterocycles. The Bertz CT molecular complexity index is 528. The van der Waals surface area contributed by atoms with Gasteiger partial charge in [0.1, 0.15) is 5.75 Å². The molecule has 1 atom stereocenters. The van der Waals surface area contributed by atoms with Crippen molar-refractivity contribution in [3.8, 4) is 5.75 Å². The zero-order valence-corrected chi connectivity index (χ0v) is 11.9. The van der Waals surface area contributed by atoms with Crippen molar-refractivity contribution in [2.24, 2.45) is 5.73 Å². The molecule has 1 aromatic carbocycles. The van der Waals surface area contributed by atoms with Gasteiger partial charge in [-0.15, -0.1) is 0 Å². The van der Waals surface area contributed by atoms with Crippen molar-refractivity contribution in [2.75, 3.05) is 13.7 Å². The summed E-state index contributed by atoms with van der Waals surface area (Å²) in [7, 11) is 1.61. The highest BCUT2D eigenvalue weighted by Gasteiger charge is 2.31. The van der Waals surface area contributed by atoms with Crippen LogP contribution in [0.2, 0.25) is 0 Å². The van der Waals surface area contributed by atoms with Gasteiger partial charge in [-0.05, 0) is 31.4 Å². The Hall–Kier alpha value is -1.88. The predicted molar refractivity (Wildman–Crippen MR) is 75.4 cm³/mol. The molecule has 1 aromatic rings. The Kier molecular flexibility index (Phi) is 4.39. The Morgan fingerprint density at radius 1 is 1.40 bits per heavy atom. The minimum atomic E-state index is -0.549. The molecule has 1 heterocycles. The molecule has 0 aromatic heterocycles. The van der Waals surface area contributed by atoms with Crippen LogP contribution in [0.3, 0.4) is 0 Å². The standard InChI is InChI=1S/C15H20N2O3/c1-10-3-5-13(20-2)11(9-10)7-8-17-14(18)6-4-12(16)15(17)19/h3,5,9,12H,4,6-8,16H2,1-2H3. The summed E-state index contributed by atoms with van der Waals surface area (Å²) in [5, 5.41) is 0. The smallest absolute Gasteiger partial charge is 0.246 e. The lowest BCUT2D eigenvalue weighted by Gasteiger charge is -2.28. The molecular weight excluding hydrogens is 256 g/mol. The fraction of sp³-hybridized carbons (Fsp3) is 0.467. The molecule has 2 N–H and O–H groups in total. The van der Waals surface area contributed by atoms with Crippen LogP contribution in [-0.4, -0.2) is 36.4 Å². The van der Waals surface area contributed by atoms with E-state index in [2.05, 4.69) is 0 Å². The van der Waals surface area contributed by atoms with Gasteiger partial charge in [0.05, 0.1) is 13.2 Å². The zero-order valence-electron chi connectivity index (χ0n) is 11.9. The second kappa shape index (κ2) is 6.05. The highest BCUT2D eigenvalue weighted by molar-refractivity contribution is 6.00. The van der Waals surface area contributed by atoms with Gasteiger partial charge < -0.3 is 10.5 Å². The average Bonchev–Trinajstić information content (AvgIpc) is 2.43. The monoisotopic (exact) mass is 276 g/mol. The zero-order chi connectivity index (χ0) is 14.7. The first-order chi connectivity index (χ1) is 9.52. The van der Waals surface area contributed by atoms with Gasteiger partial charge in [0, 0.05) is 13.0 Å². The minimum Gasteiger partial charge on any atom is -0.496 e. The van der Waals surface area contributed by atoms with E-state index in [0.717, 1.165) is 16.9 Å². The third kappa shape index (κ3) is 2.99. The number of carbonyl (C=O) groups excluding carboxylic acids is 2. The van der Waals surface area contributed by atoms with E-state index in [1.54, 1.807) is 7.11 Å². The fourth-order valence-corrected chi connectivity index (χ4v) is 2.43. The largest absolute Gasteiger partial charge is 0.496 e. The summed E-state index contributed by atoms with van der Waals surface area (Å²) in [6, 6.07) is 5.33. The third-order valence-electron chi connectivity index (χ3n) is 3.59. The molecule has 0 spiro atoms. The summed E-state index contributed by atoms with van der Waals surface area (Å²) in [4.78, 5) is 25.0. The quantitative estimate of drug-likeness (QED) is 0.833. The van der Waals surface area contributed by atoms with E-state index in [0.29, 0.717) is 25.8 Å². The second-order valence-corrected chi connectivity index (χ2v) is 5.09. The normalized spacial score (nSPS) is 19.4. The summed E-state index contributed by atoms with van der Waals surface area (Å²) < 4.78 is 5.30. The maximum absolute atomic E-state index is 11.9. The lowest BCUT2D eigenvalue weighted by atomic mass is 10.0. The fourth-order valence-electron chi connectivity index (χ4n) is 2.43. The van der Waals surface area contributed by atoms with Crippen LogP contribution in [0.1, 0.15) is 24.0 Å². The number of imide groups is 1. The molecule has 2 amide bonds. The number of nitrogens with zero attached hydrogens (tertiary/aromatic N) is 1. The predicted octanol–water partition coefficient (Wildman–Crippen LogP) is 1.02. The van der Waals surface area contributed by atoms with Crippen LogP contribution in [0.5, 0.6) is 5.75 Å². The molecule has 1 aliphatic rings. The number of benzene rings is 1. The highest BCUT2D eigenvalue weighted by atomic mass is 16.5. The number of aryl methyl sites for hydroxylation is 1. The molecule has 5 nitrogen and oxygen atoms in total. The van der Waals surface area contributed by atoms with Crippen LogP contribution < -0.4 is 10.5 Å². The van der Waals surface area contributed by atoms with Gasteiger partial charge in [0.25, 0.3) is 0 Å². The third-order valence-corrected chi connectivity index (χ3v) is 3.59. The Morgan fingerprint density at radius 2 is 2.15 bits per heavy atom. The van der Waals surface area contributed by atoms with Crippen molar-refractivity contribution >= 4 is 11.8 Å². The number of rotatable bonds is 4. The van der Waals surface area contributed by atoms with Crippen molar-refractivity contribution in [2.45, 2.75) is 32.2 Å². The number of hydrogen-bond acceptors (Lipinski definition) is 4. The topological polar surface area (TPSA) is 72.6 Å². The van der Waals surface area contributed by atoms with Crippen LogP contribution in [0.15, 0.2) is 18.2 Å². The number of hydrogen-bond donors (Lipinski definition) is 1. The van der Waals surface area contributed by atoms with E-state index in [1.807, 2.05) is 25.1 Å². The number of amides is 2. The lowest BCUT2D eigenvalue weighted by molar-refractivity contribution is -0.149. The van der Waals surface area contributed by atoms with E-state index < -0.39 is 6.04 Å². The summed E-state index contributed by atoms with van der Waals surface area (Å²) >= 11 is 0. The molecular formula is C15H20N2O3. The molecule has 5 heteroatoms. The second-order valence-electron chi connectivity index (χ2n) is 5.09. The minimum absolute atomic E-state index is 0.136. The van der Waals surface area contributed by atoms with Crippen molar-refractivity contribution < 1.29 is 14.3 Å². The van der Waals surface area contributed by atoms with Crippen molar-refractivity contribution in [1.29, 1.82) is 0 Å². The number of carbonyl (C=O) groups is 2. The maximum atomic E-state index is 11.9. The average molecular weight is 276 g/mol. The van der Waals surface area contributed by atoms with Gasteiger partial charge in [-0.25, -0.2) is 0 Å². The van der Waals surface area contributed by atoms with Crippen molar-refractivity contribution in [3.05, 3.63) is 29.3 Å². The molecule has 1 unspecified atom stereocenters. The Labute approximate surface area is 118 Å². The first kappa shape index (κ1) is 14.5. The highest BCUT2D eigenvalue weighted by Crippen LogP contribution is 2.21. The Balaban J connectivity index is 2.09. The number of nitrogens with two attached hydrogens (primary N) is 1. The van der Waals surface area contributed by atoms with Gasteiger partial charge in [0.15, 0.2) is 0 Å². The maximum Gasteiger partial charge on any atom is 0.246 e. The van der Waals surface area contributed by atoms with E-state index in [4.69, 9.17) is 10.5 Å². The van der Waals surface area contributed by atoms with Gasteiger partial charge in [-0.2, -0.15) is 0 Å². The first-order valence-electron chi connectivity index (χ1n) is 6.76. The van der Waals surface area contributed by atoms with Crippen LogP contribution in [0, 0.1) is 6.92 Å². The van der Waals surface area contributed by atoms with Crippen molar-refractivity contribution in [3.63, 3.8) is 0 Å². The van der Waals surface area contributed by atoms with Gasteiger partial charge >= 0.3 is 0 Å². The Morgan fingerprint density at radius 3 is 2.85 bits per heavy atom. The number of piperidine rings is 1. The molecule has 2 rings (SSSR count). The molecule has 0 saturated carbocycles. The van der Waals surface area contributed by atoms with Crippen LogP contribution in [0.25, 0.3) is 0 Å². The number of methoxy groups -OCH3 is 1. The summed E-state index contributed by atoms with van der Waals surface area (Å²) in [6.45, 7) is 2.35. The van der Waals surface area contributed by atoms with E-state index in [-0.39, 0.29) is 11.8 Å². The van der Waals surface area contributed by atoms with E-state index in [1.165, 1.54) is 4.90 Å². The molecule has 0 radical (unpaired) electrons. The molecule has 0 bridgehead atoms. The summed E-state index contributed by atoms with van der Waals surface area (Å²) in [6.07, 6.45) is 1.37. The SMILES string of the molecule is COc1ccc(C)cc1CCN1C(=O)CCC(N)C1=O. The van der Waals surface area contributed by atoms with Crippen molar-refractivity contribution in [1.82, 2.24) is 4.90 Å². The molecule has 20 heavy (non-hydrogen) atoms. The van der Waals surface area contributed by atoms with Crippen LogP contribution >= 0.6 is 0 Å². The van der Waals surface area contributed by atoms with Crippen LogP contribution in [0.4, 0.5) is 0 Å². The first-order valence-corrected chi connectivity index (χ1v) is 6.76. The van der Waals surface area contributed by atoms with Crippen LogP contribution in [-0.2, 0) is 16.0 Å². The summed E-state index contributed by atoms with van der Waals surface area (Å²) in [5.41, 5.74) is 7.82. The van der Waals surface area contributed by atoms with Gasteiger partial charge in [0.2, 0.25) is 11.8 Å². The number of ether oxygens (including phenoxy) is 1. The van der Waals surface area contributed by atoms with Gasteiger partial charge in [-0.1, -0.05) is 17.7 Å². The molecule has 1 aliphatic heterocycles.